The molecule has 108 valence electrons. The van der Waals surface area contributed by atoms with Gasteiger partial charge in [-0.2, -0.15) is 0 Å². The maximum Gasteiger partial charge on any atom is -0.0233 e. The molecule has 0 atom stereocenters. The van der Waals surface area contributed by atoms with E-state index >= 15 is 0 Å². The molecule has 0 bridgehead atoms. The first-order chi connectivity index (χ1) is 9.33. The minimum atomic E-state index is 0.896. The quantitative estimate of drug-likeness (QED) is 0.532. The van der Waals surface area contributed by atoms with Crippen LogP contribution in [0.15, 0.2) is 24.3 Å². The summed E-state index contributed by atoms with van der Waals surface area (Å²) in [4.78, 5) is 0. The van der Waals surface area contributed by atoms with E-state index in [4.69, 9.17) is 0 Å². The molecular weight excluding hydrogens is 228 g/mol. The minimum Gasteiger partial charge on any atom is -0.0917 e. The minimum absolute atomic E-state index is 0.896. The molecule has 0 amide bonds. The van der Waals surface area contributed by atoms with Gasteiger partial charge in [-0.25, -0.2) is 0 Å². The molecule has 0 saturated heterocycles. The van der Waals surface area contributed by atoms with Crippen LogP contribution in [0, 0.1) is 23.7 Å². The molecule has 0 aromatic heterocycles. The SMILES string of the molecule is C/C=C/CC1CCC(C2CCC(/C=C/C)CC2)CC1. The van der Waals surface area contributed by atoms with Crippen molar-refractivity contribution in [3.05, 3.63) is 24.3 Å². The van der Waals surface area contributed by atoms with Crippen LogP contribution in [0.25, 0.3) is 0 Å². The molecular formula is C19H32. The van der Waals surface area contributed by atoms with E-state index in [0.29, 0.717) is 0 Å². The monoisotopic (exact) mass is 260 g/mol. The fraction of sp³-hybridized carbons (Fsp3) is 0.789. The molecule has 2 fully saturated rings. The van der Waals surface area contributed by atoms with Crippen molar-refractivity contribution in [2.45, 2.75) is 71.6 Å². The van der Waals surface area contributed by atoms with Crippen molar-refractivity contribution in [1.82, 2.24) is 0 Å². The van der Waals surface area contributed by atoms with Gasteiger partial charge < -0.3 is 0 Å². The lowest BCUT2D eigenvalue weighted by atomic mass is 9.69. The molecule has 2 rings (SSSR count). The average Bonchev–Trinajstić information content (AvgIpc) is 2.47. The van der Waals surface area contributed by atoms with Crippen LogP contribution >= 0.6 is 0 Å². The number of hydrogen-bond donors (Lipinski definition) is 0. The lowest BCUT2D eigenvalue weighted by molar-refractivity contribution is 0.156. The molecule has 0 unspecified atom stereocenters. The van der Waals surface area contributed by atoms with Crippen molar-refractivity contribution in [3.63, 3.8) is 0 Å². The van der Waals surface area contributed by atoms with Gasteiger partial charge in [-0.15, -0.1) is 0 Å². The lowest BCUT2D eigenvalue weighted by Gasteiger charge is -2.37. The highest BCUT2D eigenvalue weighted by Gasteiger charge is 2.29. The fourth-order valence-electron chi connectivity index (χ4n) is 4.30. The predicted molar refractivity (Wildman–Crippen MR) is 85.1 cm³/mol. The van der Waals surface area contributed by atoms with Crippen molar-refractivity contribution < 1.29 is 0 Å². The highest BCUT2D eigenvalue weighted by molar-refractivity contribution is 4.91. The van der Waals surface area contributed by atoms with Crippen molar-refractivity contribution >= 4 is 0 Å². The van der Waals surface area contributed by atoms with Crippen LogP contribution in [0.5, 0.6) is 0 Å². The molecule has 2 aliphatic rings. The molecule has 0 heteroatoms. The maximum atomic E-state index is 2.43. The van der Waals surface area contributed by atoms with Crippen molar-refractivity contribution in [2.24, 2.45) is 23.7 Å². The Morgan fingerprint density at radius 2 is 1.32 bits per heavy atom. The van der Waals surface area contributed by atoms with E-state index in [1.165, 1.54) is 57.8 Å². The van der Waals surface area contributed by atoms with Gasteiger partial charge in [-0.05, 0) is 95.3 Å². The zero-order valence-corrected chi connectivity index (χ0v) is 13.0. The molecule has 0 heterocycles. The molecule has 19 heavy (non-hydrogen) atoms. The first kappa shape index (κ1) is 14.9. The summed E-state index contributed by atoms with van der Waals surface area (Å²) in [7, 11) is 0. The highest BCUT2D eigenvalue weighted by atomic mass is 14.3. The third-order valence-corrected chi connectivity index (χ3v) is 5.54. The molecule has 0 spiro atoms. The summed E-state index contributed by atoms with van der Waals surface area (Å²) in [5.41, 5.74) is 0. The van der Waals surface area contributed by atoms with E-state index in [1.54, 1.807) is 0 Å². The van der Waals surface area contributed by atoms with Crippen LogP contribution in [0.3, 0.4) is 0 Å². The Kier molecular flexibility index (Phi) is 6.20. The molecule has 2 aliphatic carbocycles. The summed E-state index contributed by atoms with van der Waals surface area (Å²) < 4.78 is 0. The second-order valence-electron chi connectivity index (χ2n) is 6.79. The first-order valence-corrected chi connectivity index (χ1v) is 8.57. The largest absolute Gasteiger partial charge is 0.0917 e. The Hall–Kier alpha value is -0.520. The Morgan fingerprint density at radius 3 is 1.84 bits per heavy atom. The van der Waals surface area contributed by atoms with Gasteiger partial charge in [0.25, 0.3) is 0 Å². The molecule has 0 nitrogen and oxygen atoms in total. The van der Waals surface area contributed by atoms with Crippen LogP contribution in [0.2, 0.25) is 0 Å². The van der Waals surface area contributed by atoms with Gasteiger partial charge in [-0.1, -0.05) is 24.3 Å². The molecule has 0 aromatic carbocycles. The Labute approximate surface area is 120 Å². The lowest BCUT2D eigenvalue weighted by Crippen LogP contribution is -2.25. The van der Waals surface area contributed by atoms with Gasteiger partial charge in [0, 0.05) is 0 Å². The molecule has 0 aliphatic heterocycles. The zero-order valence-electron chi connectivity index (χ0n) is 13.0. The number of rotatable bonds is 4. The van der Waals surface area contributed by atoms with E-state index in [9.17, 15) is 0 Å². The third-order valence-electron chi connectivity index (χ3n) is 5.54. The fourth-order valence-corrected chi connectivity index (χ4v) is 4.30. The molecule has 2 saturated carbocycles. The summed E-state index contributed by atoms with van der Waals surface area (Å²) in [5, 5.41) is 0. The number of hydrogen-bond acceptors (Lipinski definition) is 0. The molecule has 0 N–H and O–H groups in total. The van der Waals surface area contributed by atoms with E-state index in [1.807, 2.05) is 0 Å². The van der Waals surface area contributed by atoms with Gasteiger partial charge in [0.05, 0.1) is 0 Å². The van der Waals surface area contributed by atoms with Crippen LogP contribution < -0.4 is 0 Å². The van der Waals surface area contributed by atoms with Crippen molar-refractivity contribution in [2.75, 3.05) is 0 Å². The summed E-state index contributed by atoms with van der Waals surface area (Å²) in [5.74, 6) is 4.01. The standard InChI is InChI=1S/C19H32/c1-3-5-7-17-10-14-19(15-11-17)18-12-8-16(6-4-2)9-13-18/h3-6,16-19H,7-15H2,1-2H3/b5-3+,6-4+. The maximum absolute atomic E-state index is 2.43. The van der Waals surface area contributed by atoms with Crippen LogP contribution in [-0.2, 0) is 0 Å². The first-order valence-electron chi connectivity index (χ1n) is 8.57. The van der Waals surface area contributed by atoms with Crippen LogP contribution in [-0.4, -0.2) is 0 Å². The molecule has 0 radical (unpaired) electrons. The van der Waals surface area contributed by atoms with Gasteiger partial charge in [0.2, 0.25) is 0 Å². The average molecular weight is 260 g/mol. The summed E-state index contributed by atoms with van der Waals surface area (Å²) >= 11 is 0. The summed E-state index contributed by atoms with van der Waals surface area (Å²) in [6, 6.07) is 0. The van der Waals surface area contributed by atoms with E-state index in [2.05, 4.69) is 38.2 Å². The summed E-state index contributed by atoms with van der Waals surface area (Å²) in [6.45, 7) is 4.31. The van der Waals surface area contributed by atoms with E-state index < -0.39 is 0 Å². The third kappa shape index (κ3) is 4.51. The van der Waals surface area contributed by atoms with Gasteiger partial charge in [0.1, 0.15) is 0 Å². The summed E-state index contributed by atoms with van der Waals surface area (Å²) in [6.07, 6.45) is 22.5. The second-order valence-corrected chi connectivity index (χ2v) is 6.79. The van der Waals surface area contributed by atoms with Gasteiger partial charge in [-0.3, -0.25) is 0 Å². The number of allylic oxidation sites excluding steroid dienone is 4. The smallest absolute Gasteiger partial charge is 0.0233 e. The Morgan fingerprint density at radius 1 is 0.737 bits per heavy atom. The van der Waals surface area contributed by atoms with Crippen LogP contribution in [0.1, 0.15) is 71.6 Å². The van der Waals surface area contributed by atoms with Crippen molar-refractivity contribution in [1.29, 1.82) is 0 Å². The van der Waals surface area contributed by atoms with E-state index in [-0.39, 0.29) is 0 Å². The second kappa shape index (κ2) is 7.92. The van der Waals surface area contributed by atoms with E-state index in [0.717, 1.165) is 23.7 Å². The van der Waals surface area contributed by atoms with Crippen LogP contribution in [0.4, 0.5) is 0 Å². The predicted octanol–water partition coefficient (Wildman–Crippen LogP) is 6.14. The Balaban J connectivity index is 1.70. The highest BCUT2D eigenvalue weighted by Crippen LogP contribution is 2.42. The van der Waals surface area contributed by atoms with Crippen molar-refractivity contribution in [3.8, 4) is 0 Å². The molecule has 0 aromatic rings. The normalized spacial score (nSPS) is 37.2. The topological polar surface area (TPSA) is 0 Å². The Bertz CT molecular complexity index is 283. The zero-order chi connectivity index (χ0) is 13.5. The van der Waals surface area contributed by atoms with Gasteiger partial charge in [0.15, 0.2) is 0 Å². The van der Waals surface area contributed by atoms with Gasteiger partial charge >= 0.3 is 0 Å².